The van der Waals surface area contributed by atoms with Crippen molar-refractivity contribution in [2.24, 2.45) is 0 Å². The van der Waals surface area contributed by atoms with E-state index in [0.717, 1.165) is 18.6 Å². The number of thioether (sulfide) groups is 1. The molecule has 21 heavy (non-hydrogen) atoms. The highest BCUT2D eigenvalue weighted by Crippen LogP contribution is 2.36. The van der Waals surface area contributed by atoms with Gasteiger partial charge in [0.2, 0.25) is 0 Å². The molecule has 1 heterocycles. The minimum absolute atomic E-state index is 0.0583. The predicted octanol–water partition coefficient (Wildman–Crippen LogP) is 2.40. The molecular formula is C15H20N2O3S. The normalized spacial score (nSPS) is 22.5. The standard InChI is InChI=1S/C15H20N2O3S/c1-15(8-5-9-21-15)10-16-14(20)17-12(13(18)19)11-6-3-2-4-7-11/h2-4,6-7,12H,5,8-10H2,1H3,(H,18,19)(H2,16,17,20)/t12-,15?/m0/s1. The minimum atomic E-state index is -1.07. The Labute approximate surface area is 128 Å². The van der Waals surface area contributed by atoms with Gasteiger partial charge in [-0.2, -0.15) is 11.8 Å². The van der Waals surface area contributed by atoms with E-state index in [2.05, 4.69) is 17.6 Å². The van der Waals surface area contributed by atoms with Crippen LogP contribution in [0.25, 0.3) is 0 Å². The molecule has 0 radical (unpaired) electrons. The van der Waals surface area contributed by atoms with Crippen molar-refractivity contribution in [3.63, 3.8) is 0 Å². The zero-order valence-electron chi connectivity index (χ0n) is 12.0. The van der Waals surface area contributed by atoms with E-state index in [9.17, 15) is 14.7 Å². The number of rotatable bonds is 5. The molecule has 0 aromatic heterocycles. The van der Waals surface area contributed by atoms with Crippen LogP contribution in [0.5, 0.6) is 0 Å². The molecule has 1 fully saturated rings. The van der Waals surface area contributed by atoms with Crippen molar-refractivity contribution in [2.45, 2.75) is 30.6 Å². The third-order valence-electron chi connectivity index (χ3n) is 3.58. The van der Waals surface area contributed by atoms with Crippen molar-refractivity contribution in [1.82, 2.24) is 10.6 Å². The predicted molar refractivity (Wildman–Crippen MR) is 83.5 cm³/mol. The van der Waals surface area contributed by atoms with Gasteiger partial charge in [-0.3, -0.25) is 0 Å². The zero-order chi connectivity index (χ0) is 15.3. The maximum atomic E-state index is 11.9. The van der Waals surface area contributed by atoms with Crippen LogP contribution in [0, 0.1) is 0 Å². The lowest BCUT2D eigenvalue weighted by Crippen LogP contribution is -2.45. The molecule has 0 spiro atoms. The molecule has 1 saturated heterocycles. The van der Waals surface area contributed by atoms with Crippen molar-refractivity contribution in [3.05, 3.63) is 35.9 Å². The third kappa shape index (κ3) is 4.39. The van der Waals surface area contributed by atoms with E-state index in [4.69, 9.17) is 0 Å². The second-order valence-electron chi connectivity index (χ2n) is 5.41. The van der Waals surface area contributed by atoms with Gasteiger partial charge in [0.25, 0.3) is 0 Å². The SMILES string of the molecule is CC1(CNC(=O)N[C@H](C(=O)O)c2ccccc2)CCCS1. The van der Waals surface area contributed by atoms with Crippen LogP contribution in [0.2, 0.25) is 0 Å². The van der Waals surface area contributed by atoms with Crippen LogP contribution in [0.4, 0.5) is 4.79 Å². The van der Waals surface area contributed by atoms with Crippen LogP contribution in [-0.2, 0) is 4.79 Å². The highest BCUT2D eigenvalue weighted by Gasteiger charge is 2.30. The lowest BCUT2D eigenvalue weighted by Gasteiger charge is -2.23. The molecule has 2 amide bonds. The molecule has 1 aromatic carbocycles. The minimum Gasteiger partial charge on any atom is -0.479 e. The number of carbonyl (C=O) groups is 2. The number of nitrogens with one attached hydrogen (secondary N) is 2. The van der Waals surface area contributed by atoms with E-state index in [0.29, 0.717) is 12.1 Å². The number of carbonyl (C=O) groups excluding carboxylic acids is 1. The highest BCUT2D eigenvalue weighted by atomic mass is 32.2. The molecule has 3 N–H and O–H groups in total. The Kier molecular flexibility index (Phi) is 5.12. The van der Waals surface area contributed by atoms with Gasteiger partial charge in [-0.1, -0.05) is 30.3 Å². The molecule has 1 unspecified atom stereocenters. The number of amides is 2. The van der Waals surface area contributed by atoms with Gasteiger partial charge in [0.15, 0.2) is 6.04 Å². The molecule has 0 saturated carbocycles. The van der Waals surface area contributed by atoms with Crippen molar-refractivity contribution >= 4 is 23.8 Å². The van der Waals surface area contributed by atoms with Crippen LogP contribution in [0.15, 0.2) is 30.3 Å². The molecule has 6 heteroatoms. The number of aliphatic carboxylic acids is 1. The maximum absolute atomic E-state index is 11.9. The van der Waals surface area contributed by atoms with Crippen LogP contribution < -0.4 is 10.6 Å². The summed E-state index contributed by atoms with van der Waals surface area (Å²) in [5.74, 6) is 0.0412. The van der Waals surface area contributed by atoms with Gasteiger partial charge < -0.3 is 15.7 Å². The van der Waals surface area contributed by atoms with Gasteiger partial charge in [0, 0.05) is 11.3 Å². The summed E-state index contributed by atoms with van der Waals surface area (Å²) < 4.78 is 0.0583. The molecule has 1 aliphatic heterocycles. The first-order valence-corrected chi connectivity index (χ1v) is 7.95. The lowest BCUT2D eigenvalue weighted by molar-refractivity contribution is -0.139. The van der Waals surface area contributed by atoms with Gasteiger partial charge in [0.05, 0.1) is 0 Å². The molecule has 5 nitrogen and oxygen atoms in total. The number of benzene rings is 1. The van der Waals surface area contributed by atoms with E-state index in [1.165, 1.54) is 0 Å². The van der Waals surface area contributed by atoms with E-state index >= 15 is 0 Å². The molecule has 1 aromatic rings. The second-order valence-corrected chi connectivity index (χ2v) is 7.09. The molecule has 114 valence electrons. The van der Waals surface area contributed by atoms with Gasteiger partial charge in [-0.05, 0) is 31.1 Å². The molecule has 0 bridgehead atoms. The van der Waals surface area contributed by atoms with Gasteiger partial charge >= 0.3 is 12.0 Å². The third-order valence-corrected chi connectivity index (χ3v) is 5.12. The quantitative estimate of drug-likeness (QED) is 0.780. The number of urea groups is 1. The molecular weight excluding hydrogens is 288 g/mol. The number of carboxylic acid groups (broad SMARTS) is 1. The summed E-state index contributed by atoms with van der Waals surface area (Å²) in [4.78, 5) is 23.2. The fourth-order valence-corrected chi connectivity index (χ4v) is 3.60. The summed E-state index contributed by atoms with van der Waals surface area (Å²) in [5.41, 5.74) is 0.557. The summed E-state index contributed by atoms with van der Waals surface area (Å²) in [7, 11) is 0. The molecule has 2 rings (SSSR count). The summed E-state index contributed by atoms with van der Waals surface area (Å²) in [6.45, 7) is 2.67. The van der Waals surface area contributed by atoms with E-state index in [1.54, 1.807) is 30.3 Å². The van der Waals surface area contributed by atoms with Gasteiger partial charge in [-0.15, -0.1) is 0 Å². The van der Waals surface area contributed by atoms with Crippen molar-refractivity contribution < 1.29 is 14.7 Å². The monoisotopic (exact) mass is 308 g/mol. The number of carboxylic acids is 1. The summed E-state index contributed by atoms with van der Waals surface area (Å²) >= 11 is 1.85. The van der Waals surface area contributed by atoms with E-state index in [1.807, 2.05) is 11.8 Å². The van der Waals surface area contributed by atoms with E-state index in [-0.39, 0.29) is 4.75 Å². The van der Waals surface area contributed by atoms with Gasteiger partial charge in [0.1, 0.15) is 0 Å². The van der Waals surface area contributed by atoms with Crippen LogP contribution in [0.3, 0.4) is 0 Å². The van der Waals surface area contributed by atoms with E-state index < -0.39 is 18.0 Å². The summed E-state index contributed by atoms with van der Waals surface area (Å²) in [6.07, 6.45) is 2.23. The van der Waals surface area contributed by atoms with Crippen molar-refractivity contribution in [1.29, 1.82) is 0 Å². The summed E-state index contributed by atoms with van der Waals surface area (Å²) in [5, 5.41) is 14.6. The Morgan fingerprint density at radius 1 is 1.38 bits per heavy atom. The fourth-order valence-electron chi connectivity index (χ4n) is 2.36. The fraction of sp³-hybridized carbons (Fsp3) is 0.467. The maximum Gasteiger partial charge on any atom is 0.330 e. The summed E-state index contributed by atoms with van der Waals surface area (Å²) in [6, 6.07) is 7.21. The van der Waals surface area contributed by atoms with Crippen LogP contribution in [-0.4, -0.2) is 34.2 Å². The van der Waals surface area contributed by atoms with Crippen LogP contribution in [0.1, 0.15) is 31.4 Å². The largest absolute Gasteiger partial charge is 0.479 e. The average molecular weight is 308 g/mol. The zero-order valence-corrected chi connectivity index (χ0v) is 12.8. The first kappa shape index (κ1) is 15.7. The highest BCUT2D eigenvalue weighted by molar-refractivity contribution is 8.00. The number of hydrogen-bond acceptors (Lipinski definition) is 3. The Morgan fingerprint density at radius 2 is 2.10 bits per heavy atom. The van der Waals surface area contributed by atoms with Crippen molar-refractivity contribution in [2.75, 3.05) is 12.3 Å². The van der Waals surface area contributed by atoms with Crippen LogP contribution >= 0.6 is 11.8 Å². The Balaban J connectivity index is 1.91. The van der Waals surface area contributed by atoms with Gasteiger partial charge in [-0.25, -0.2) is 9.59 Å². The Morgan fingerprint density at radius 3 is 2.67 bits per heavy atom. The second kappa shape index (κ2) is 6.85. The number of hydrogen-bond donors (Lipinski definition) is 3. The topological polar surface area (TPSA) is 78.4 Å². The first-order chi connectivity index (χ1) is 10.0. The van der Waals surface area contributed by atoms with Crippen molar-refractivity contribution in [3.8, 4) is 0 Å². The first-order valence-electron chi connectivity index (χ1n) is 6.96. The lowest BCUT2D eigenvalue weighted by atomic mass is 10.1. The molecule has 1 aliphatic rings. The molecule has 0 aliphatic carbocycles. The smallest absolute Gasteiger partial charge is 0.330 e. The average Bonchev–Trinajstić information content (AvgIpc) is 2.90. The Bertz CT molecular complexity index is 501. The Hall–Kier alpha value is -1.69. The molecule has 2 atom stereocenters.